The minimum atomic E-state index is 0.131. The van der Waals surface area contributed by atoms with E-state index >= 15 is 0 Å². The maximum Gasteiger partial charge on any atom is 0.255 e. The zero-order valence-electron chi connectivity index (χ0n) is 17.5. The van der Waals surface area contributed by atoms with Gasteiger partial charge in [0.1, 0.15) is 0 Å². The van der Waals surface area contributed by atoms with Crippen LogP contribution in [0.5, 0.6) is 0 Å². The van der Waals surface area contributed by atoms with Crippen LogP contribution in [0.1, 0.15) is 21.6 Å². The molecule has 1 fully saturated rings. The first-order valence-corrected chi connectivity index (χ1v) is 13.3. The van der Waals surface area contributed by atoms with Crippen molar-refractivity contribution in [2.75, 3.05) is 26.2 Å². The smallest absolute Gasteiger partial charge is 0.255 e. The molecule has 1 amide bonds. The maximum absolute atomic E-state index is 13.3. The Labute approximate surface area is 199 Å². The number of amides is 1. The number of thioether (sulfide) groups is 1. The first-order valence-electron chi connectivity index (χ1n) is 10.5. The Balaban J connectivity index is 1.17. The van der Waals surface area contributed by atoms with Crippen LogP contribution in [0.15, 0.2) is 74.2 Å². The quantitative estimate of drug-likeness (QED) is 0.316. The second kappa shape index (κ2) is 10.0. The largest absolute Gasteiger partial charge is 0.462 e. The fourth-order valence-corrected chi connectivity index (χ4v) is 6.25. The lowest BCUT2D eigenvalue weighted by molar-refractivity contribution is 0.0624. The van der Waals surface area contributed by atoms with Crippen LogP contribution in [-0.4, -0.2) is 46.9 Å². The Kier molecular flexibility index (Phi) is 6.73. The molecular weight excluding hydrogens is 458 g/mol. The van der Waals surface area contributed by atoms with Gasteiger partial charge in [0.15, 0.2) is 10.8 Å². The number of benzene rings is 1. The average Bonchev–Trinajstić information content (AvgIpc) is 3.61. The molecule has 3 aromatic heterocycles. The van der Waals surface area contributed by atoms with Crippen molar-refractivity contribution in [2.45, 2.75) is 17.2 Å². The fourth-order valence-electron chi connectivity index (χ4n) is 3.71. The molecule has 8 heteroatoms. The molecular formula is C24H23N3O2S3. The Bertz CT molecular complexity index is 1150. The van der Waals surface area contributed by atoms with E-state index in [1.807, 2.05) is 35.2 Å². The summed E-state index contributed by atoms with van der Waals surface area (Å²) >= 11 is 5.05. The molecule has 0 aliphatic carbocycles. The molecule has 0 N–H and O–H groups in total. The van der Waals surface area contributed by atoms with E-state index < -0.39 is 0 Å². The lowest BCUT2D eigenvalue weighted by Crippen LogP contribution is -2.48. The Morgan fingerprint density at radius 1 is 1.06 bits per heavy atom. The molecule has 0 saturated carbocycles. The Morgan fingerprint density at radius 3 is 2.72 bits per heavy atom. The highest BCUT2D eigenvalue weighted by molar-refractivity contribution is 7.98. The molecule has 0 unspecified atom stereocenters. The summed E-state index contributed by atoms with van der Waals surface area (Å²) < 4.78 is 5.44. The van der Waals surface area contributed by atoms with Gasteiger partial charge in [-0.25, -0.2) is 4.98 Å². The van der Waals surface area contributed by atoms with E-state index in [9.17, 15) is 4.79 Å². The number of carbonyl (C=O) groups is 1. The lowest BCUT2D eigenvalue weighted by atomic mass is 10.1. The van der Waals surface area contributed by atoms with Crippen molar-refractivity contribution < 1.29 is 9.21 Å². The second-order valence-electron chi connectivity index (χ2n) is 7.61. The summed E-state index contributed by atoms with van der Waals surface area (Å²) in [7, 11) is 0. The number of piperazine rings is 1. The van der Waals surface area contributed by atoms with Crippen molar-refractivity contribution >= 4 is 40.3 Å². The van der Waals surface area contributed by atoms with Crippen LogP contribution < -0.4 is 0 Å². The monoisotopic (exact) mass is 481 g/mol. The van der Waals surface area contributed by atoms with Crippen molar-refractivity contribution in [3.05, 3.63) is 81.7 Å². The van der Waals surface area contributed by atoms with Crippen LogP contribution in [0.3, 0.4) is 0 Å². The van der Waals surface area contributed by atoms with Crippen LogP contribution >= 0.6 is 34.4 Å². The van der Waals surface area contributed by atoms with Gasteiger partial charge >= 0.3 is 0 Å². The first-order chi connectivity index (χ1) is 15.8. The number of thiazole rings is 1. The van der Waals surface area contributed by atoms with E-state index in [4.69, 9.17) is 9.40 Å². The molecule has 0 bridgehead atoms. The number of rotatable bonds is 7. The highest BCUT2D eigenvalue weighted by Crippen LogP contribution is 2.28. The maximum atomic E-state index is 13.3. The van der Waals surface area contributed by atoms with Crippen LogP contribution in [-0.2, 0) is 12.3 Å². The molecule has 1 aliphatic rings. The highest BCUT2D eigenvalue weighted by atomic mass is 32.2. The first kappa shape index (κ1) is 21.5. The second-order valence-corrected chi connectivity index (χ2v) is 10.3. The molecule has 164 valence electrons. The average molecular weight is 482 g/mol. The Hall–Kier alpha value is -2.39. The molecule has 1 saturated heterocycles. The molecule has 0 atom stereocenters. The number of thiophene rings is 1. The number of nitrogens with zero attached hydrogens (tertiary/aromatic N) is 3. The van der Waals surface area contributed by atoms with Gasteiger partial charge in [0.25, 0.3) is 5.91 Å². The molecule has 1 aliphatic heterocycles. The summed E-state index contributed by atoms with van der Waals surface area (Å²) in [6.07, 6.45) is 1.67. The molecule has 1 aromatic carbocycles. The summed E-state index contributed by atoms with van der Waals surface area (Å²) in [5, 5.41) is 7.26. The number of hydrogen-bond acceptors (Lipinski definition) is 7. The summed E-state index contributed by atoms with van der Waals surface area (Å²) in [4.78, 5) is 23.4. The summed E-state index contributed by atoms with van der Waals surface area (Å²) in [6.45, 7) is 3.97. The summed E-state index contributed by atoms with van der Waals surface area (Å²) in [6, 6.07) is 13.9. The van der Waals surface area contributed by atoms with Crippen molar-refractivity contribution in [2.24, 2.45) is 0 Å². The van der Waals surface area contributed by atoms with Gasteiger partial charge < -0.3 is 9.32 Å². The van der Waals surface area contributed by atoms with E-state index in [0.29, 0.717) is 0 Å². The van der Waals surface area contributed by atoms with E-state index in [-0.39, 0.29) is 5.91 Å². The van der Waals surface area contributed by atoms with Gasteiger partial charge in [0, 0.05) is 48.8 Å². The number of furan rings is 1. The van der Waals surface area contributed by atoms with E-state index in [2.05, 4.69) is 33.2 Å². The van der Waals surface area contributed by atoms with Gasteiger partial charge in [-0.3, -0.25) is 9.69 Å². The predicted octanol–water partition coefficient (Wildman–Crippen LogP) is 5.71. The topological polar surface area (TPSA) is 49.6 Å². The van der Waals surface area contributed by atoms with E-state index in [1.165, 1.54) is 5.56 Å². The standard InChI is InChI=1S/C24H23N3O2S3/c28-24(20-4-1-2-6-22(20)31-16-18-7-13-30-15-18)27-10-8-26(9-11-27)14-19-17-32-23(25-19)21-5-3-12-29-21/h1-7,12-13,15,17H,8-11,14,16H2. The van der Waals surface area contributed by atoms with Gasteiger partial charge in [0.05, 0.1) is 17.5 Å². The fraction of sp³-hybridized carbons (Fsp3) is 0.250. The minimum Gasteiger partial charge on any atom is -0.462 e. The highest BCUT2D eigenvalue weighted by Gasteiger charge is 2.24. The van der Waals surface area contributed by atoms with Gasteiger partial charge in [-0.2, -0.15) is 11.3 Å². The Morgan fingerprint density at radius 2 is 1.94 bits per heavy atom. The van der Waals surface area contributed by atoms with Crippen LogP contribution in [0.4, 0.5) is 0 Å². The van der Waals surface area contributed by atoms with Crippen LogP contribution in [0.25, 0.3) is 10.8 Å². The zero-order chi connectivity index (χ0) is 21.8. The SMILES string of the molecule is O=C(c1ccccc1SCc1ccsc1)N1CCN(Cc2csc(-c3ccco3)n2)CC1. The van der Waals surface area contributed by atoms with E-state index in [1.54, 1.807) is 40.7 Å². The normalized spacial score (nSPS) is 14.7. The van der Waals surface area contributed by atoms with Gasteiger partial charge in [-0.05, 0) is 46.7 Å². The van der Waals surface area contributed by atoms with E-state index in [0.717, 1.165) is 65.4 Å². The molecule has 0 spiro atoms. The van der Waals surface area contributed by atoms with Gasteiger partial charge in [-0.1, -0.05) is 12.1 Å². The van der Waals surface area contributed by atoms with Crippen molar-refractivity contribution in [3.63, 3.8) is 0 Å². The molecule has 4 heterocycles. The number of carbonyl (C=O) groups excluding carboxylic acids is 1. The molecule has 0 radical (unpaired) electrons. The predicted molar refractivity (Wildman–Crippen MR) is 131 cm³/mol. The summed E-state index contributed by atoms with van der Waals surface area (Å²) in [5.41, 5.74) is 3.16. The molecule has 4 aromatic rings. The minimum absolute atomic E-state index is 0.131. The zero-order valence-corrected chi connectivity index (χ0v) is 19.9. The lowest BCUT2D eigenvalue weighted by Gasteiger charge is -2.34. The third-order valence-corrected chi connectivity index (χ3v) is 8.20. The van der Waals surface area contributed by atoms with Crippen molar-refractivity contribution in [1.82, 2.24) is 14.8 Å². The molecule has 5 nitrogen and oxygen atoms in total. The van der Waals surface area contributed by atoms with Crippen molar-refractivity contribution in [3.8, 4) is 10.8 Å². The van der Waals surface area contributed by atoms with Gasteiger partial charge in [0.2, 0.25) is 0 Å². The summed E-state index contributed by atoms with van der Waals surface area (Å²) in [5.74, 6) is 1.83. The number of aromatic nitrogens is 1. The third-order valence-electron chi connectivity index (χ3n) is 5.42. The van der Waals surface area contributed by atoms with Crippen LogP contribution in [0, 0.1) is 0 Å². The van der Waals surface area contributed by atoms with Crippen LogP contribution in [0.2, 0.25) is 0 Å². The van der Waals surface area contributed by atoms with Gasteiger partial charge in [-0.15, -0.1) is 23.1 Å². The van der Waals surface area contributed by atoms with Crippen molar-refractivity contribution in [1.29, 1.82) is 0 Å². The third kappa shape index (κ3) is 4.99. The molecule has 32 heavy (non-hydrogen) atoms. The number of hydrogen-bond donors (Lipinski definition) is 0. The molecule has 5 rings (SSSR count).